The lowest BCUT2D eigenvalue weighted by atomic mass is 10.0. The molecule has 0 saturated heterocycles. The molecule has 23 heavy (non-hydrogen) atoms. The van der Waals surface area contributed by atoms with Gasteiger partial charge in [0.05, 0.1) is 17.4 Å². The molecule has 1 N–H and O–H groups in total. The molecule has 0 spiro atoms. The summed E-state index contributed by atoms with van der Waals surface area (Å²) in [5.41, 5.74) is -1.58. The molecule has 0 atom stereocenters. The summed E-state index contributed by atoms with van der Waals surface area (Å²) in [7, 11) is 1.12. The largest absolute Gasteiger partial charge is 0.480 e. The molecule has 8 nitrogen and oxygen atoms in total. The van der Waals surface area contributed by atoms with E-state index >= 15 is 0 Å². The summed E-state index contributed by atoms with van der Waals surface area (Å²) >= 11 is 0. The van der Waals surface area contributed by atoms with Crippen LogP contribution in [0.3, 0.4) is 0 Å². The molecule has 0 radical (unpaired) electrons. The second-order valence-electron chi connectivity index (χ2n) is 4.70. The molecule has 0 bridgehead atoms. The number of ether oxygens (including phenoxy) is 1. The lowest BCUT2D eigenvalue weighted by molar-refractivity contribution is -0.384. The van der Waals surface area contributed by atoms with Gasteiger partial charge < -0.3 is 14.3 Å². The number of non-ortho nitro benzene ring substituents is 1. The molecule has 3 rings (SSSR count). The molecule has 2 aromatic carbocycles. The number of rotatable bonds is 2. The average molecular weight is 315 g/mol. The summed E-state index contributed by atoms with van der Waals surface area (Å²) in [5.74, 6) is -1.55. The summed E-state index contributed by atoms with van der Waals surface area (Å²) in [4.78, 5) is 34.0. The van der Waals surface area contributed by atoms with Gasteiger partial charge in [-0.2, -0.15) is 0 Å². The van der Waals surface area contributed by atoms with Crippen molar-refractivity contribution in [2.45, 2.75) is 0 Å². The van der Waals surface area contributed by atoms with E-state index < -0.39 is 28.0 Å². The first kappa shape index (κ1) is 14.5. The molecule has 0 aliphatic heterocycles. The van der Waals surface area contributed by atoms with Crippen LogP contribution in [-0.4, -0.2) is 23.1 Å². The summed E-state index contributed by atoms with van der Waals surface area (Å²) in [5, 5.41) is 21.6. The zero-order valence-corrected chi connectivity index (χ0v) is 11.7. The third kappa shape index (κ3) is 2.16. The highest BCUT2D eigenvalue weighted by molar-refractivity contribution is 6.12. The van der Waals surface area contributed by atoms with Crippen LogP contribution in [0.4, 0.5) is 5.69 Å². The Labute approximate surface area is 127 Å². The van der Waals surface area contributed by atoms with Crippen molar-refractivity contribution in [1.29, 1.82) is 0 Å². The molecule has 0 aliphatic rings. The summed E-state index contributed by atoms with van der Waals surface area (Å²) < 4.78 is 9.65. The van der Waals surface area contributed by atoms with Crippen molar-refractivity contribution < 1.29 is 24.0 Å². The molecule has 0 amide bonds. The fourth-order valence-corrected chi connectivity index (χ4v) is 2.42. The fraction of sp³-hybridized carbons (Fsp3) is 0.0667. The topological polar surface area (TPSA) is 120 Å². The highest BCUT2D eigenvalue weighted by atomic mass is 16.6. The molecule has 0 aliphatic carbocycles. The number of carbonyl (C=O) groups is 1. The molecule has 1 heterocycles. The Balaban J connectivity index is 2.55. The van der Waals surface area contributed by atoms with Crippen LogP contribution in [0, 0.1) is 10.1 Å². The number of nitro benzene ring substituents is 1. The van der Waals surface area contributed by atoms with Gasteiger partial charge in [0.15, 0.2) is 0 Å². The van der Waals surface area contributed by atoms with Crippen molar-refractivity contribution >= 4 is 33.4 Å². The van der Waals surface area contributed by atoms with Crippen LogP contribution >= 0.6 is 0 Å². The Morgan fingerprint density at radius 3 is 2.65 bits per heavy atom. The summed E-state index contributed by atoms with van der Waals surface area (Å²) in [6, 6.07) is 6.74. The predicted molar refractivity (Wildman–Crippen MR) is 79.6 cm³/mol. The minimum Gasteiger partial charge on any atom is -0.480 e. The number of esters is 1. The number of nitro groups is 1. The molecular weight excluding hydrogens is 306 g/mol. The van der Waals surface area contributed by atoms with Crippen molar-refractivity contribution in [3.8, 4) is 5.95 Å². The Bertz CT molecular complexity index is 1040. The van der Waals surface area contributed by atoms with Crippen molar-refractivity contribution in [1.82, 2.24) is 0 Å². The summed E-state index contributed by atoms with van der Waals surface area (Å²) in [6.07, 6.45) is 0. The minimum atomic E-state index is -0.869. The van der Waals surface area contributed by atoms with Gasteiger partial charge in [-0.3, -0.25) is 14.9 Å². The lowest BCUT2D eigenvalue weighted by Gasteiger charge is -2.07. The quantitative estimate of drug-likeness (QED) is 0.333. The number of benzene rings is 2. The van der Waals surface area contributed by atoms with E-state index in [0.29, 0.717) is 5.39 Å². The van der Waals surface area contributed by atoms with E-state index in [4.69, 9.17) is 4.42 Å². The van der Waals surface area contributed by atoms with E-state index in [9.17, 15) is 24.8 Å². The molecule has 0 unspecified atom stereocenters. The van der Waals surface area contributed by atoms with Gasteiger partial charge in [-0.1, -0.05) is 6.07 Å². The molecule has 3 aromatic rings. The van der Waals surface area contributed by atoms with Crippen LogP contribution in [0.15, 0.2) is 39.5 Å². The number of carbonyl (C=O) groups excluding carboxylic acids is 1. The number of aromatic hydroxyl groups is 1. The van der Waals surface area contributed by atoms with Crippen LogP contribution < -0.4 is 5.43 Å². The number of methoxy groups -OCH3 is 1. The van der Waals surface area contributed by atoms with E-state index in [1.165, 1.54) is 24.3 Å². The maximum absolute atomic E-state index is 11.8. The van der Waals surface area contributed by atoms with Crippen LogP contribution in [0.5, 0.6) is 5.95 Å². The number of hydrogen-bond donors (Lipinski definition) is 1. The fourth-order valence-electron chi connectivity index (χ4n) is 2.42. The number of fused-ring (bicyclic) bond motifs is 3. The lowest BCUT2D eigenvalue weighted by Crippen LogP contribution is -2.07. The third-order valence-corrected chi connectivity index (χ3v) is 3.44. The Morgan fingerprint density at radius 2 is 2.00 bits per heavy atom. The van der Waals surface area contributed by atoms with Gasteiger partial charge in [0.1, 0.15) is 11.1 Å². The SMILES string of the molecule is COC(=O)c1cc2c(ccc3ccc(=O)c([N+](=O)[O-])c32)oc1O. The second-order valence-corrected chi connectivity index (χ2v) is 4.70. The first-order valence-electron chi connectivity index (χ1n) is 6.39. The first-order valence-corrected chi connectivity index (χ1v) is 6.39. The molecule has 0 fully saturated rings. The van der Waals surface area contributed by atoms with E-state index in [1.807, 2.05) is 0 Å². The standard InChI is InChI=1S/C15H9NO7/c1-22-14(18)9-6-8-11(23-15(9)19)5-3-7-2-4-10(17)13(12(7)8)16(20)21/h2-6,19H,1H3. The van der Waals surface area contributed by atoms with Gasteiger partial charge in [0, 0.05) is 5.39 Å². The molecule has 1 aromatic heterocycles. The second kappa shape index (κ2) is 5.09. The number of nitrogens with zero attached hydrogens (tertiary/aromatic N) is 1. The van der Waals surface area contributed by atoms with E-state index in [-0.39, 0.29) is 21.9 Å². The molecule has 8 heteroatoms. The predicted octanol–water partition coefficient (Wildman–Crippen LogP) is 2.35. The van der Waals surface area contributed by atoms with Crippen LogP contribution in [-0.2, 0) is 4.74 Å². The van der Waals surface area contributed by atoms with Crippen molar-refractivity contribution in [2.24, 2.45) is 0 Å². The van der Waals surface area contributed by atoms with Crippen molar-refractivity contribution in [3.05, 3.63) is 56.2 Å². The zero-order valence-electron chi connectivity index (χ0n) is 11.7. The van der Waals surface area contributed by atoms with Gasteiger partial charge in [-0.15, -0.1) is 0 Å². The van der Waals surface area contributed by atoms with Gasteiger partial charge in [-0.25, -0.2) is 4.79 Å². The van der Waals surface area contributed by atoms with Crippen molar-refractivity contribution in [3.63, 3.8) is 0 Å². The van der Waals surface area contributed by atoms with E-state index in [0.717, 1.165) is 13.2 Å². The van der Waals surface area contributed by atoms with Gasteiger partial charge in [-0.05, 0) is 29.7 Å². The monoisotopic (exact) mass is 315 g/mol. The van der Waals surface area contributed by atoms with E-state index in [1.54, 1.807) is 0 Å². The summed E-state index contributed by atoms with van der Waals surface area (Å²) in [6.45, 7) is 0. The van der Waals surface area contributed by atoms with E-state index in [2.05, 4.69) is 4.74 Å². The average Bonchev–Trinajstić information content (AvgIpc) is 2.52. The maximum atomic E-state index is 11.8. The zero-order chi connectivity index (χ0) is 16.7. The smallest absolute Gasteiger partial charge is 0.345 e. The molecule has 116 valence electrons. The third-order valence-electron chi connectivity index (χ3n) is 3.44. The first-order chi connectivity index (χ1) is 10.9. The van der Waals surface area contributed by atoms with Gasteiger partial charge in [0.2, 0.25) is 0 Å². The Hall–Kier alpha value is -3.42. The minimum absolute atomic E-state index is 0.0360. The van der Waals surface area contributed by atoms with Gasteiger partial charge >= 0.3 is 11.7 Å². The highest BCUT2D eigenvalue weighted by Gasteiger charge is 2.22. The Morgan fingerprint density at radius 1 is 1.30 bits per heavy atom. The van der Waals surface area contributed by atoms with Crippen molar-refractivity contribution in [2.75, 3.05) is 7.11 Å². The molecular formula is C15H9NO7. The van der Waals surface area contributed by atoms with Gasteiger partial charge in [0.25, 0.3) is 11.4 Å². The Kier molecular flexibility index (Phi) is 3.21. The van der Waals surface area contributed by atoms with Crippen LogP contribution in [0.25, 0.3) is 21.7 Å². The number of hydrogen-bond acceptors (Lipinski definition) is 7. The maximum Gasteiger partial charge on any atom is 0.345 e. The van der Waals surface area contributed by atoms with Crippen LogP contribution in [0.1, 0.15) is 10.4 Å². The highest BCUT2D eigenvalue weighted by Crippen LogP contribution is 2.34. The van der Waals surface area contributed by atoms with Crippen LogP contribution in [0.2, 0.25) is 0 Å². The molecule has 0 saturated carbocycles. The normalized spacial score (nSPS) is 10.8.